The molecule has 0 aromatic heterocycles. The van der Waals surface area contributed by atoms with Crippen molar-refractivity contribution in [3.63, 3.8) is 0 Å². The molecule has 1 fully saturated rings. The lowest BCUT2D eigenvalue weighted by molar-refractivity contribution is 0.0919. The van der Waals surface area contributed by atoms with Gasteiger partial charge in [0.05, 0.1) is 0 Å². The van der Waals surface area contributed by atoms with E-state index in [0.717, 1.165) is 44.0 Å². The number of amides is 1. The third kappa shape index (κ3) is 4.46. The van der Waals surface area contributed by atoms with Crippen LogP contribution in [-0.4, -0.2) is 49.1 Å². The number of anilines is 1. The Balaban J connectivity index is 2.06. The molecule has 1 aliphatic heterocycles. The zero-order chi connectivity index (χ0) is 15.5. The molecule has 0 atom stereocenters. The Bertz CT molecular complexity index is 485. The lowest BCUT2D eigenvalue weighted by Crippen LogP contribution is -2.46. The summed E-state index contributed by atoms with van der Waals surface area (Å²) in [6, 6.07) is 7.95. The van der Waals surface area contributed by atoms with Gasteiger partial charge >= 0.3 is 0 Å². The number of benzene rings is 1. The molecule has 1 aromatic rings. The highest BCUT2D eigenvalue weighted by atomic mass is 16.1. The van der Waals surface area contributed by atoms with Crippen molar-refractivity contribution >= 4 is 11.6 Å². The lowest BCUT2D eigenvalue weighted by atomic mass is 10.1. The van der Waals surface area contributed by atoms with Gasteiger partial charge in [0.25, 0.3) is 5.91 Å². The second kappa shape index (κ2) is 6.48. The van der Waals surface area contributed by atoms with Gasteiger partial charge in [-0.25, -0.2) is 0 Å². The fourth-order valence-electron chi connectivity index (χ4n) is 2.58. The molecule has 1 aliphatic rings. The van der Waals surface area contributed by atoms with Crippen LogP contribution >= 0.6 is 0 Å². The number of piperazine rings is 1. The number of hydrogen-bond acceptors (Lipinski definition) is 3. The smallest absolute Gasteiger partial charge is 0.251 e. The molecule has 2 rings (SSSR count). The van der Waals surface area contributed by atoms with Gasteiger partial charge in [0.15, 0.2) is 0 Å². The Hall–Kier alpha value is -1.55. The zero-order valence-electron chi connectivity index (χ0n) is 13.6. The van der Waals surface area contributed by atoms with Crippen molar-refractivity contribution in [2.24, 2.45) is 0 Å². The molecular weight excluding hydrogens is 262 g/mol. The largest absolute Gasteiger partial charge is 0.369 e. The Morgan fingerprint density at radius 1 is 1.19 bits per heavy atom. The average Bonchev–Trinajstić information content (AvgIpc) is 2.46. The van der Waals surface area contributed by atoms with Gasteiger partial charge in [-0.1, -0.05) is 13.0 Å². The number of rotatable bonds is 3. The van der Waals surface area contributed by atoms with Crippen LogP contribution in [0.4, 0.5) is 5.69 Å². The first-order chi connectivity index (χ1) is 9.89. The van der Waals surface area contributed by atoms with Crippen LogP contribution in [-0.2, 0) is 0 Å². The molecule has 1 N–H and O–H groups in total. The first-order valence-electron chi connectivity index (χ1n) is 7.79. The number of carbonyl (C=O) groups excluding carboxylic acids is 1. The van der Waals surface area contributed by atoms with Crippen LogP contribution in [0.5, 0.6) is 0 Å². The second-order valence-corrected chi connectivity index (χ2v) is 6.68. The Kier molecular flexibility index (Phi) is 4.88. The van der Waals surface area contributed by atoms with E-state index in [1.165, 1.54) is 0 Å². The minimum absolute atomic E-state index is 0.00320. The number of likely N-dealkylation sites (N-methyl/N-ethyl adjacent to an activating group) is 1. The molecule has 4 nitrogen and oxygen atoms in total. The van der Waals surface area contributed by atoms with Crippen molar-refractivity contribution in [2.45, 2.75) is 33.2 Å². The molecule has 0 bridgehead atoms. The van der Waals surface area contributed by atoms with Gasteiger partial charge in [-0.05, 0) is 45.5 Å². The summed E-state index contributed by atoms with van der Waals surface area (Å²) >= 11 is 0. The van der Waals surface area contributed by atoms with Crippen LogP contribution in [0.1, 0.15) is 38.1 Å². The van der Waals surface area contributed by atoms with E-state index in [0.29, 0.717) is 0 Å². The van der Waals surface area contributed by atoms with Crippen LogP contribution in [0.15, 0.2) is 24.3 Å². The fourth-order valence-corrected chi connectivity index (χ4v) is 2.58. The zero-order valence-corrected chi connectivity index (χ0v) is 13.6. The Morgan fingerprint density at radius 3 is 2.43 bits per heavy atom. The normalized spacial score (nSPS) is 16.9. The molecule has 1 aromatic carbocycles. The topological polar surface area (TPSA) is 35.6 Å². The van der Waals surface area contributed by atoms with Crippen molar-refractivity contribution in [3.8, 4) is 0 Å². The third-order valence-electron chi connectivity index (χ3n) is 3.78. The third-order valence-corrected chi connectivity index (χ3v) is 3.78. The van der Waals surface area contributed by atoms with E-state index in [-0.39, 0.29) is 11.4 Å². The standard InChI is InChI=1S/C17H27N3O/c1-5-19-9-11-20(12-10-19)15-8-6-7-14(13-15)16(21)18-17(2,3)4/h6-8,13H,5,9-12H2,1-4H3,(H,18,21). The molecule has 116 valence electrons. The van der Waals surface area contributed by atoms with Gasteiger partial charge in [0.1, 0.15) is 0 Å². The maximum atomic E-state index is 12.3. The van der Waals surface area contributed by atoms with E-state index in [2.05, 4.69) is 28.1 Å². The molecule has 1 amide bonds. The summed E-state index contributed by atoms with van der Waals surface area (Å²) < 4.78 is 0. The molecule has 1 saturated heterocycles. The van der Waals surface area contributed by atoms with Gasteiger partial charge in [0, 0.05) is 43.0 Å². The number of nitrogens with zero attached hydrogens (tertiary/aromatic N) is 2. The molecule has 21 heavy (non-hydrogen) atoms. The van der Waals surface area contributed by atoms with Gasteiger partial charge in [0.2, 0.25) is 0 Å². The molecular formula is C17H27N3O. The predicted octanol–water partition coefficient (Wildman–Crippen LogP) is 2.36. The second-order valence-electron chi connectivity index (χ2n) is 6.68. The van der Waals surface area contributed by atoms with Crippen LogP contribution in [0.3, 0.4) is 0 Å². The van der Waals surface area contributed by atoms with Gasteiger partial charge < -0.3 is 15.1 Å². The Morgan fingerprint density at radius 2 is 1.86 bits per heavy atom. The molecule has 4 heteroatoms. The van der Waals surface area contributed by atoms with Crippen LogP contribution in [0, 0.1) is 0 Å². The quantitative estimate of drug-likeness (QED) is 0.928. The summed E-state index contributed by atoms with van der Waals surface area (Å²) in [5, 5.41) is 3.02. The van der Waals surface area contributed by atoms with Crippen molar-refractivity contribution in [3.05, 3.63) is 29.8 Å². The number of nitrogens with one attached hydrogen (secondary N) is 1. The molecule has 0 saturated carbocycles. The Labute approximate surface area is 128 Å². The monoisotopic (exact) mass is 289 g/mol. The predicted molar refractivity (Wildman–Crippen MR) is 88.0 cm³/mol. The van der Waals surface area contributed by atoms with E-state index >= 15 is 0 Å². The number of carbonyl (C=O) groups is 1. The first kappa shape index (κ1) is 15.8. The van der Waals surface area contributed by atoms with Gasteiger partial charge in [-0.2, -0.15) is 0 Å². The first-order valence-corrected chi connectivity index (χ1v) is 7.79. The maximum absolute atomic E-state index is 12.3. The summed E-state index contributed by atoms with van der Waals surface area (Å²) in [5.74, 6) is -0.00320. The maximum Gasteiger partial charge on any atom is 0.251 e. The van der Waals surface area contributed by atoms with Crippen molar-refractivity contribution in [1.29, 1.82) is 0 Å². The van der Waals surface area contributed by atoms with E-state index in [1.807, 2.05) is 39.0 Å². The van der Waals surface area contributed by atoms with E-state index < -0.39 is 0 Å². The van der Waals surface area contributed by atoms with E-state index in [4.69, 9.17) is 0 Å². The molecule has 1 heterocycles. The average molecular weight is 289 g/mol. The molecule has 0 spiro atoms. The van der Waals surface area contributed by atoms with Crippen LogP contribution in [0.25, 0.3) is 0 Å². The highest BCUT2D eigenvalue weighted by Gasteiger charge is 2.18. The minimum Gasteiger partial charge on any atom is -0.369 e. The van der Waals surface area contributed by atoms with Crippen molar-refractivity contribution in [2.75, 3.05) is 37.6 Å². The van der Waals surface area contributed by atoms with E-state index in [1.54, 1.807) is 0 Å². The fraction of sp³-hybridized carbons (Fsp3) is 0.588. The highest BCUT2D eigenvalue weighted by Crippen LogP contribution is 2.18. The van der Waals surface area contributed by atoms with Crippen molar-refractivity contribution < 1.29 is 4.79 Å². The summed E-state index contributed by atoms with van der Waals surface area (Å²) in [6.07, 6.45) is 0. The molecule has 0 radical (unpaired) electrons. The lowest BCUT2D eigenvalue weighted by Gasteiger charge is -2.35. The van der Waals surface area contributed by atoms with Crippen LogP contribution < -0.4 is 10.2 Å². The number of hydrogen-bond donors (Lipinski definition) is 1. The summed E-state index contributed by atoms with van der Waals surface area (Å²) in [5.41, 5.74) is 1.67. The van der Waals surface area contributed by atoms with Crippen molar-refractivity contribution in [1.82, 2.24) is 10.2 Å². The summed E-state index contributed by atoms with van der Waals surface area (Å²) in [4.78, 5) is 17.1. The molecule has 0 unspecified atom stereocenters. The highest BCUT2D eigenvalue weighted by molar-refractivity contribution is 5.95. The SMILES string of the molecule is CCN1CCN(c2cccc(C(=O)NC(C)(C)C)c2)CC1. The minimum atomic E-state index is -0.208. The molecule has 0 aliphatic carbocycles. The van der Waals surface area contributed by atoms with Crippen LogP contribution in [0.2, 0.25) is 0 Å². The summed E-state index contributed by atoms with van der Waals surface area (Å²) in [6.45, 7) is 13.5. The summed E-state index contributed by atoms with van der Waals surface area (Å²) in [7, 11) is 0. The van der Waals surface area contributed by atoms with Gasteiger partial charge in [-0.15, -0.1) is 0 Å². The van der Waals surface area contributed by atoms with E-state index in [9.17, 15) is 4.79 Å². The van der Waals surface area contributed by atoms with Gasteiger partial charge in [-0.3, -0.25) is 4.79 Å².